The second-order valence-corrected chi connectivity index (χ2v) is 4.83. The van der Waals surface area contributed by atoms with Crippen LogP contribution in [0.1, 0.15) is 24.2 Å². The quantitative estimate of drug-likeness (QED) is 0.770. The number of hydrogen-bond donors (Lipinski definition) is 0. The lowest BCUT2D eigenvalue weighted by atomic mass is 10.1. The first-order valence-electron chi connectivity index (χ1n) is 5.76. The summed E-state index contributed by atoms with van der Waals surface area (Å²) in [5, 5.41) is 0.503. The molecular weight excluding hydrogens is 238 g/mol. The van der Waals surface area contributed by atoms with Crippen LogP contribution in [0.3, 0.4) is 0 Å². The van der Waals surface area contributed by atoms with Crippen LogP contribution in [0.15, 0.2) is 24.3 Å². The van der Waals surface area contributed by atoms with E-state index in [0.29, 0.717) is 23.8 Å². The van der Waals surface area contributed by atoms with Crippen LogP contribution in [0.25, 0.3) is 0 Å². The van der Waals surface area contributed by atoms with E-state index in [9.17, 15) is 4.79 Å². The summed E-state index contributed by atoms with van der Waals surface area (Å²) in [6.07, 6.45) is 0. The van der Waals surface area contributed by atoms with Gasteiger partial charge < -0.3 is 9.64 Å². The molecule has 0 saturated carbocycles. The molecule has 1 saturated heterocycles. The number of halogens is 1. The summed E-state index contributed by atoms with van der Waals surface area (Å²) in [7, 11) is 0. The monoisotopic (exact) mass is 253 g/mol. The van der Waals surface area contributed by atoms with E-state index in [-0.39, 0.29) is 18.0 Å². The molecule has 92 valence electrons. The summed E-state index contributed by atoms with van der Waals surface area (Å²) in [6.45, 7) is 5.15. The van der Waals surface area contributed by atoms with Crippen molar-refractivity contribution >= 4 is 17.5 Å². The van der Waals surface area contributed by atoms with Gasteiger partial charge in [-0.1, -0.05) is 23.7 Å². The molecule has 0 radical (unpaired) electrons. The van der Waals surface area contributed by atoms with Crippen molar-refractivity contribution in [3.05, 3.63) is 34.9 Å². The maximum Gasteiger partial charge on any atom is 0.256 e. The van der Waals surface area contributed by atoms with Gasteiger partial charge in [0.2, 0.25) is 0 Å². The van der Waals surface area contributed by atoms with E-state index in [0.717, 1.165) is 0 Å². The third kappa shape index (κ3) is 2.45. The van der Waals surface area contributed by atoms with Gasteiger partial charge in [-0.15, -0.1) is 0 Å². The van der Waals surface area contributed by atoms with E-state index in [2.05, 4.69) is 0 Å². The Hall–Kier alpha value is -1.06. The Balaban J connectivity index is 2.27. The van der Waals surface area contributed by atoms with Crippen LogP contribution in [-0.2, 0) is 4.74 Å². The molecule has 1 aliphatic rings. The average molecular weight is 254 g/mol. The Bertz CT molecular complexity index is 412. The lowest BCUT2D eigenvalue weighted by Crippen LogP contribution is -2.52. The molecule has 1 heterocycles. The predicted molar refractivity (Wildman–Crippen MR) is 67.4 cm³/mol. The molecule has 1 amide bonds. The first-order chi connectivity index (χ1) is 8.11. The van der Waals surface area contributed by atoms with Crippen molar-refractivity contribution in [2.75, 3.05) is 13.2 Å². The number of nitrogens with zero attached hydrogens (tertiary/aromatic N) is 1. The SMILES string of the molecule is CC1COCC(C)N1C(=O)c1ccccc1Cl. The van der Waals surface area contributed by atoms with Crippen LogP contribution in [-0.4, -0.2) is 36.1 Å². The third-order valence-corrected chi connectivity index (χ3v) is 3.34. The number of carbonyl (C=O) groups is 1. The van der Waals surface area contributed by atoms with Gasteiger partial charge in [-0.25, -0.2) is 0 Å². The standard InChI is InChI=1S/C13H16ClNO2/c1-9-7-17-8-10(2)15(9)13(16)11-5-3-4-6-12(11)14/h3-6,9-10H,7-8H2,1-2H3. The number of morpholine rings is 1. The van der Waals surface area contributed by atoms with Gasteiger partial charge in [0.15, 0.2) is 0 Å². The van der Waals surface area contributed by atoms with Crippen LogP contribution in [0.5, 0.6) is 0 Å². The summed E-state index contributed by atoms with van der Waals surface area (Å²) in [4.78, 5) is 14.3. The second-order valence-electron chi connectivity index (χ2n) is 4.43. The minimum Gasteiger partial charge on any atom is -0.377 e. The largest absolute Gasteiger partial charge is 0.377 e. The molecule has 1 aliphatic heterocycles. The lowest BCUT2D eigenvalue weighted by molar-refractivity contribution is -0.0249. The first kappa shape index (κ1) is 12.4. The van der Waals surface area contributed by atoms with E-state index in [1.165, 1.54) is 0 Å². The van der Waals surface area contributed by atoms with Crippen LogP contribution < -0.4 is 0 Å². The zero-order chi connectivity index (χ0) is 12.4. The van der Waals surface area contributed by atoms with Crippen molar-refractivity contribution in [1.29, 1.82) is 0 Å². The van der Waals surface area contributed by atoms with Gasteiger partial charge in [-0.3, -0.25) is 4.79 Å². The molecule has 4 heteroatoms. The first-order valence-corrected chi connectivity index (χ1v) is 6.14. The number of rotatable bonds is 1. The fraction of sp³-hybridized carbons (Fsp3) is 0.462. The van der Waals surface area contributed by atoms with Gasteiger partial charge in [0.25, 0.3) is 5.91 Å². The molecule has 3 nitrogen and oxygen atoms in total. The normalized spacial score (nSPS) is 24.8. The smallest absolute Gasteiger partial charge is 0.256 e. The van der Waals surface area contributed by atoms with E-state index in [1.807, 2.05) is 30.9 Å². The number of benzene rings is 1. The Kier molecular flexibility index (Phi) is 3.69. The molecule has 0 aliphatic carbocycles. The highest BCUT2D eigenvalue weighted by Crippen LogP contribution is 2.21. The van der Waals surface area contributed by atoms with Crippen LogP contribution >= 0.6 is 11.6 Å². The van der Waals surface area contributed by atoms with Crippen molar-refractivity contribution in [1.82, 2.24) is 4.90 Å². The molecule has 0 spiro atoms. The molecule has 0 aromatic heterocycles. The number of ether oxygens (including phenoxy) is 1. The maximum atomic E-state index is 12.4. The average Bonchev–Trinajstić information content (AvgIpc) is 2.29. The Morgan fingerprint density at radius 1 is 1.29 bits per heavy atom. The third-order valence-electron chi connectivity index (χ3n) is 3.01. The van der Waals surface area contributed by atoms with Gasteiger partial charge >= 0.3 is 0 Å². The van der Waals surface area contributed by atoms with E-state index < -0.39 is 0 Å². The summed E-state index contributed by atoms with van der Waals surface area (Å²) < 4.78 is 5.41. The Morgan fingerprint density at radius 3 is 2.47 bits per heavy atom. The van der Waals surface area contributed by atoms with E-state index in [4.69, 9.17) is 16.3 Å². The Morgan fingerprint density at radius 2 is 1.88 bits per heavy atom. The molecule has 0 N–H and O–H groups in total. The number of hydrogen-bond acceptors (Lipinski definition) is 2. The molecule has 1 fully saturated rings. The zero-order valence-electron chi connectivity index (χ0n) is 10.0. The molecule has 1 aromatic rings. The van der Waals surface area contributed by atoms with Gasteiger partial charge in [0, 0.05) is 0 Å². The topological polar surface area (TPSA) is 29.5 Å². The minimum absolute atomic E-state index is 0.0149. The number of carbonyl (C=O) groups excluding carboxylic acids is 1. The summed E-state index contributed by atoms with van der Waals surface area (Å²) in [5.74, 6) is -0.0149. The van der Waals surface area contributed by atoms with Crippen molar-refractivity contribution in [2.24, 2.45) is 0 Å². The molecule has 2 rings (SSSR count). The van der Waals surface area contributed by atoms with Crippen LogP contribution in [0.2, 0.25) is 5.02 Å². The van der Waals surface area contributed by atoms with E-state index >= 15 is 0 Å². The van der Waals surface area contributed by atoms with Crippen molar-refractivity contribution in [2.45, 2.75) is 25.9 Å². The zero-order valence-corrected chi connectivity index (χ0v) is 10.8. The summed E-state index contributed by atoms with van der Waals surface area (Å²) >= 11 is 6.06. The van der Waals surface area contributed by atoms with Crippen molar-refractivity contribution in [3.63, 3.8) is 0 Å². The van der Waals surface area contributed by atoms with Gasteiger partial charge in [-0.2, -0.15) is 0 Å². The molecule has 2 atom stereocenters. The molecular formula is C13H16ClNO2. The Labute approximate surface area is 106 Å². The molecule has 2 unspecified atom stereocenters. The van der Waals surface area contributed by atoms with Gasteiger partial charge in [0.1, 0.15) is 0 Å². The molecule has 1 aromatic carbocycles. The van der Waals surface area contributed by atoms with Crippen molar-refractivity contribution < 1.29 is 9.53 Å². The van der Waals surface area contributed by atoms with Crippen LogP contribution in [0.4, 0.5) is 0 Å². The minimum atomic E-state index is -0.0149. The highest BCUT2D eigenvalue weighted by molar-refractivity contribution is 6.33. The molecule has 0 bridgehead atoms. The highest BCUT2D eigenvalue weighted by Gasteiger charge is 2.30. The van der Waals surface area contributed by atoms with E-state index in [1.54, 1.807) is 12.1 Å². The van der Waals surface area contributed by atoms with Gasteiger partial charge in [-0.05, 0) is 26.0 Å². The maximum absolute atomic E-state index is 12.4. The fourth-order valence-electron chi connectivity index (χ4n) is 2.18. The summed E-state index contributed by atoms with van der Waals surface area (Å²) in [6, 6.07) is 7.33. The second kappa shape index (κ2) is 5.07. The van der Waals surface area contributed by atoms with Gasteiger partial charge in [0.05, 0.1) is 35.9 Å². The summed E-state index contributed by atoms with van der Waals surface area (Å²) in [5.41, 5.74) is 0.565. The van der Waals surface area contributed by atoms with Crippen LogP contribution in [0, 0.1) is 0 Å². The predicted octanol–water partition coefficient (Wildman–Crippen LogP) is 2.59. The highest BCUT2D eigenvalue weighted by atomic mass is 35.5. The molecule has 17 heavy (non-hydrogen) atoms. The fourth-order valence-corrected chi connectivity index (χ4v) is 2.39. The van der Waals surface area contributed by atoms with Crippen molar-refractivity contribution in [3.8, 4) is 0 Å². The number of amides is 1. The lowest BCUT2D eigenvalue weighted by Gasteiger charge is -2.39.